The highest BCUT2D eigenvalue weighted by atomic mass is 16.3. The summed E-state index contributed by atoms with van der Waals surface area (Å²) in [6.45, 7) is 5.69. The first kappa shape index (κ1) is 12.3. The normalized spacial score (nSPS) is 23.0. The van der Waals surface area contributed by atoms with Crippen LogP contribution in [0, 0.1) is 19.8 Å². The Morgan fingerprint density at radius 1 is 1.35 bits per heavy atom. The SMILES string of the molecule is Cc1cc2c(c(C)c1CCO)C(=O)C(C)C2O. The minimum Gasteiger partial charge on any atom is -0.396 e. The average Bonchev–Trinajstić information content (AvgIpc) is 2.50. The van der Waals surface area contributed by atoms with Gasteiger partial charge in [0, 0.05) is 18.1 Å². The van der Waals surface area contributed by atoms with Gasteiger partial charge in [-0.25, -0.2) is 0 Å². The van der Waals surface area contributed by atoms with Gasteiger partial charge < -0.3 is 10.2 Å². The molecule has 0 aliphatic heterocycles. The molecule has 2 N–H and O–H groups in total. The molecule has 0 heterocycles. The zero-order chi connectivity index (χ0) is 12.7. The van der Waals surface area contributed by atoms with E-state index in [1.54, 1.807) is 6.92 Å². The van der Waals surface area contributed by atoms with Crippen LogP contribution >= 0.6 is 0 Å². The van der Waals surface area contributed by atoms with Crippen LogP contribution in [0.3, 0.4) is 0 Å². The third-order valence-corrected chi connectivity index (χ3v) is 3.78. The predicted octanol–water partition coefficient (Wildman–Crippen LogP) is 1.70. The number of rotatable bonds is 2. The summed E-state index contributed by atoms with van der Waals surface area (Å²) in [7, 11) is 0. The van der Waals surface area contributed by atoms with Gasteiger partial charge in [0.1, 0.15) is 0 Å². The number of aryl methyl sites for hydroxylation is 1. The van der Waals surface area contributed by atoms with Crippen molar-refractivity contribution >= 4 is 5.78 Å². The Bertz CT molecular complexity index is 477. The number of hydrogen-bond donors (Lipinski definition) is 2. The zero-order valence-electron chi connectivity index (χ0n) is 10.4. The van der Waals surface area contributed by atoms with Crippen LogP contribution in [0.5, 0.6) is 0 Å². The molecule has 1 aliphatic carbocycles. The van der Waals surface area contributed by atoms with Gasteiger partial charge in [-0.2, -0.15) is 0 Å². The van der Waals surface area contributed by atoms with Gasteiger partial charge in [-0.3, -0.25) is 4.79 Å². The molecule has 1 aliphatic rings. The van der Waals surface area contributed by atoms with Crippen molar-refractivity contribution in [1.29, 1.82) is 0 Å². The maximum Gasteiger partial charge on any atom is 0.169 e. The molecule has 0 fully saturated rings. The van der Waals surface area contributed by atoms with Crippen LogP contribution in [0.2, 0.25) is 0 Å². The molecule has 0 aromatic heterocycles. The second-order valence-corrected chi connectivity index (χ2v) is 4.83. The predicted molar refractivity (Wildman–Crippen MR) is 65.2 cm³/mol. The monoisotopic (exact) mass is 234 g/mol. The van der Waals surface area contributed by atoms with E-state index in [0.29, 0.717) is 12.0 Å². The fraction of sp³-hybridized carbons (Fsp3) is 0.500. The lowest BCUT2D eigenvalue weighted by atomic mass is 9.92. The topological polar surface area (TPSA) is 57.5 Å². The molecule has 2 atom stereocenters. The Morgan fingerprint density at radius 3 is 2.59 bits per heavy atom. The van der Waals surface area contributed by atoms with E-state index in [1.807, 2.05) is 19.9 Å². The molecule has 2 rings (SSSR count). The van der Waals surface area contributed by atoms with Crippen molar-refractivity contribution in [3.05, 3.63) is 33.9 Å². The van der Waals surface area contributed by atoms with Gasteiger partial charge in [-0.05, 0) is 42.5 Å². The third-order valence-electron chi connectivity index (χ3n) is 3.78. The summed E-state index contributed by atoms with van der Waals surface area (Å²) in [6.07, 6.45) is -0.124. The van der Waals surface area contributed by atoms with Crippen molar-refractivity contribution in [2.24, 2.45) is 5.92 Å². The van der Waals surface area contributed by atoms with Gasteiger partial charge in [0.2, 0.25) is 0 Å². The Hall–Kier alpha value is -1.19. The molecule has 0 saturated carbocycles. The summed E-state index contributed by atoms with van der Waals surface area (Å²) in [5, 5.41) is 19.1. The fourth-order valence-corrected chi connectivity index (χ4v) is 2.75. The van der Waals surface area contributed by atoms with Gasteiger partial charge in [-0.15, -0.1) is 0 Å². The molecule has 0 amide bonds. The van der Waals surface area contributed by atoms with E-state index in [0.717, 1.165) is 22.3 Å². The van der Waals surface area contributed by atoms with Gasteiger partial charge in [0.05, 0.1) is 6.10 Å². The maximum atomic E-state index is 12.1. The van der Waals surface area contributed by atoms with Crippen molar-refractivity contribution < 1.29 is 15.0 Å². The molecule has 17 heavy (non-hydrogen) atoms. The highest BCUT2D eigenvalue weighted by Crippen LogP contribution is 2.39. The van der Waals surface area contributed by atoms with E-state index in [9.17, 15) is 9.90 Å². The largest absolute Gasteiger partial charge is 0.396 e. The first-order chi connectivity index (χ1) is 7.99. The number of aliphatic hydroxyl groups is 2. The minimum atomic E-state index is -0.682. The Balaban J connectivity index is 2.65. The molecule has 0 spiro atoms. The quantitative estimate of drug-likeness (QED) is 0.819. The molecular formula is C14H18O3. The van der Waals surface area contributed by atoms with Crippen molar-refractivity contribution in [3.8, 4) is 0 Å². The minimum absolute atomic E-state index is 0.0178. The molecule has 1 aromatic carbocycles. The number of aliphatic hydroxyl groups excluding tert-OH is 2. The third kappa shape index (κ3) is 1.70. The summed E-state index contributed by atoms with van der Waals surface area (Å²) in [6, 6.07) is 1.89. The van der Waals surface area contributed by atoms with E-state index in [4.69, 9.17) is 5.11 Å². The van der Waals surface area contributed by atoms with Gasteiger partial charge >= 0.3 is 0 Å². The van der Waals surface area contributed by atoms with Crippen molar-refractivity contribution in [2.75, 3.05) is 6.61 Å². The van der Waals surface area contributed by atoms with E-state index in [-0.39, 0.29) is 18.3 Å². The van der Waals surface area contributed by atoms with Gasteiger partial charge in [-0.1, -0.05) is 13.0 Å². The Kier molecular flexibility index (Phi) is 3.06. The summed E-state index contributed by atoms with van der Waals surface area (Å²) >= 11 is 0. The van der Waals surface area contributed by atoms with Crippen LogP contribution in [0.4, 0.5) is 0 Å². The summed E-state index contributed by atoms with van der Waals surface area (Å²) in [5.74, 6) is -0.336. The molecule has 0 bridgehead atoms. The molecule has 2 unspecified atom stereocenters. The molecule has 92 valence electrons. The van der Waals surface area contributed by atoms with E-state index in [1.165, 1.54) is 0 Å². The standard InChI is InChI=1S/C14H18O3/c1-7-6-11-12(8(2)10(7)4-5-15)14(17)9(3)13(11)16/h6,9,13,15-16H,4-5H2,1-3H3. The van der Waals surface area contributed by atoms with Crippen LogP contribution in [0.1, 0.15) is 45.6 Å². The number of fused-ring (bicyclic) bond motifs is 1. The van der Waals surface area contributed by atoms with Crippen LogP contribution in [0.25, 0.3) is 0 Å². The maximum absolute atomic E-state index is 12.1. The average molecular weight is 234 g/mol. The molecule has 0 radical (unpaired) electrons. The molecule has 3 nitrogen and oxygen atoms in total. The highest BCUT2D eigenvalue weighted by Gasteiger charge is 2.37. The van der Waals surface area contributed by atoms with Crippen molar-refractivity contribution in [2.45, 2.75) is 33.3 Å². The zero-order valence-corrected chi connectivity index (χ0v) is 10.4. The second-order valence-electron chi connectivity index (χ2n) is 4.83. The smallest absolute Gasteiger partial charge is 0.169 e. The lowest BCUT2D eigenvalue weighted by Gasteiger charge is -2.14. The van der Waals surface area contributed by atoms with E-state index >= 15 is 0 Å². The first-order valence-electron chi connectivity index (χ1n) is 5.95. The molecular weight excluding hydrogens is 216 g/mol. The van der Waals surface area contributed by atoms with Crippen LogP contribution < -0.4 is 0 Å². The fourth-order valence-electron chi connectivity index (χ4n) is 2.75. The number of benzene rings is 1. The van der Waals surface area contributed by atoms with Crippen LogP contribution in [0.15, 0.2) is 6.07 Å². The van der Waals surface area contributed by atoms with Gasteiger partial charge in [0.15, 0.2) is 5.78 Å². The van der Waals surface area contributed by atoms with E-state index in [2.05, 4.69) is 0 Å². The number of Topliss-reactive ketones (excluding diaryl/α,β-unsaturated/α-hetero) is 1. The highest BCUT2D eigenvalue weighted by molar-refractivity contribution is 6.04. The lowest BCUT2D eigenvalue weighted by Crippen LogP contribution is -2.09. The van der Waals surface area contributed by atoms with Crippen LogP contribution in [-0.2, 0) is 6.42 Å². The summed E-state index contributed by atoms with van der Waals surface area (Å²) in [5.41, 5.74) is 4.40. The van der Waals surface area contributed by atoms with Crippen molar-refractivity contribution in [1.82, 2.24) is 0 Å². The lowest BCUT2D eigenvalue weighted by molar-refractivity contribution is 0.0790. The summed E-state index contributed by atoms with van der Waals surface area (Å²) < 4.78 is 0. The Morgan fingerprint density at radius 2 is 2.00 bits per heavy atom. The Labute approximate surface area is 101 Å². The van der Waals surface area contributed by atoms with Crippen LogP contribution in [-0.4, -0.2) is 22.6 Å². The number of ketones is 1. The first-order valence-corrected chi connectivity index (χ1v) is 5.95. The molecule has 1 aromatic rings. The number of carbonyl (C=O) groups is 1. The van der Waals surface area contributed by atoms with Gasteiger partial charge in [0.25, 0.3) is 0 Å². The van der Waals surface area contributed by atoms with E-state index < -0.39 is 6.10 Å². The van der Waals surface area contributed by atoms with Crippen molar-refractivity contribution in [3.63, 3.8) is 0 Å². The number of hydrogen-bond acceptors (Lipinski definition) is 3. The molecule has 0 saturated heterocycles. The number of carbonyl (C=O) groups excluding carboxylic acids is 1. The summed E-state index contributed by atoms with van der Waals surface area (Å²) in [4.78, 5) is 12.1. The second kappa shape index (κ2) is 4.24. The molecule has 3 heteroatoms.